The Balaban J connectivity index is 0. The van der Waals surface area contributed by atoms with Crippen molar-refractivity contribution in [1.29, 1.82) is 0 Å². The summed E-state index contributed by atoms with van der Waals surface area (Å²) in [6, 6.07) is 0. The molecule has 0 heterocycles. The van der Waals surface area contributed by atoms with Gasteiger partial charge in [0.2, 0.25) is 23.6 Å². The van der Waals surface area contributed by atoms with Crippen molar-refractivity contribution in [2.75, 3.05) is 0 Å². The lowest BCUT2D eigenvalue weighted by atomic mass is 10.1. The highest BCUT2D eigenvalue weighted by Crippen LogP contribution is 2.07. The number of hydrogen-bond acceptors (Lipinski definition) is 4. The topological polar surface area (TPSA) is 172 Å². The predicted molar refractivity (Wildman–Crippen MR) is 101 cm³/mol. The number of rotatable bonds is 16. The number of carbonyl (C=O) groups is 4. The highest BCUT2D eigenvalue weighted by Gasteiger charge is 1.97. The van der Waals surface area contributed by atoms with Gasteiger partial charge in [-0.15, -0.1) is 0 Å². The van der Waals surface area contributed by atoms with Gasteiger partial charge >= 0.3 is 0 Å². The Kier molecular flexibility index (Phi) is 19.3. The second kappa shape index (κ2) is 19.2. The monoisotopic (exact) mass is 372 g/mol. The van der Waals surface area contributed by atoms with Gasteiger partial charge in [0.15, 0.2) is 0 Å². The molecule has 8 heteroatoms. The molecule has 0 saturated heterocycles. The summed E-state index contributed by atoms with van der Waals surface area (Å²) in [6.45, 7) is 0. The minimum atomic E-state index is -0.239. The van der Waals surface area contributed by atoms with Gasteiger partial charge in [0, 0.05) is 25.7 Å². The Bertz CT molecular complexity index is 340. The lowest BCUT2D eigenvalue weighted by Crippen LogP contribution is -2.10. The lowest BCUT2D eigenvalue weighted by molar-refractivity contribution is -0.119. The molecule has 4 amide bonds. The summed E-state index contributed by atoms with van der Waals surface area (Å²) in [7, 11) is 0. The van der Waals surface area contributed by atoms with Crippen molar-refractivity contribution in [2.45, 2.75) is 89.9 Å². The van der Waals surface area contributed by atoms with Crippen LogP contribution in [0.2, 0.25) is 0 Å². The van der Waals surface area contributed by atoms with Crippen LogP contribution >= 0.6 is 0 Å². The van der Waals surface area contributed by atoms with Gasteiger partial charge in [-0.05, 0) is 25.7 Å². The summed E-state index contributed by atoms with van der Waals surface area (Å²) >= 11 is 0. The maximum Gasteiger partial charge on any atom is 0.217 e. The molecule has 0 saturated carbocycles. The number of nitrogens with two attached hydrogens (primary N) is 4. The second-order valence-electron chi connectivity index (χ2n) is 6.40. The van der Waals surface area contributed by atoms with Gasteiger partial charge in [0.1, 0.15) is 0 Å². The molecule has 0 unspecified atom stereocenters. The number of primary amides is 4. The molecule has 0 aromatic carbocycles. The first-order chi connectivity index (χ1) is 12.3. The molecule has 0 aromatic heterocycles. The minimum absolute atomic E-state index is 0.239. The van der Waals surface area contributed by atoms with Crippen LogP contribution in [0.4, 0.5) is 0 Å². The van der Waals surface area contributed by atoms with E-state index in [2.05, 4.69) is 0 Å². The molecule has 8 nitrogen and oxygen atoms in total. The van der Waals surface area contributed by atoms with E-state index < -0.39 is 0 Å². The SMILES string of the molecule is NC(=O)CCCCCCCC(N)=O.NC(=O)CCCCCCCC(N)=O. The molecule has 8 N–H and O–H groups in total. The fourth-order valence-electron chi connectivity index (χ4n) is 2.26. The van der Waals surface area contributed by atoms with E-state index in [4.69, 9.17) is 22.9 Å². The number of unbranched alkanes of at least 4 members (excludes halogenated alkanes) is 8. The quantitative estimate of drug-likeness (QED) is 0.300. The largest absolute Gasteiger partial charge is 0.370 e. The van der Waals surface area contributed by atoms with Crippen molar-refractivity contribution in [2.24, 2.45) is 22.9 Å². The number of carbonyl (C=O) groups excluding carboxylic acids is 4. The van der Waals surface area contributed by atoms with Crippen LogP contribution < -0.4 is 22.9 Å². The zero-order chi connectivity index (χ0) is 20.2. The van der Waals surface area contributed by atoms with E-state index in [0.717, 1.165) is 64.2 Å². The molecular formula is C18H36N4O4. The molecule has 0 aliphatic carbocycles. The average Bonchev–Trinajstić information content (AvgIpc) is 2.52. The van der Waals surface area contributed by atoms with Crippen LogP contribution in [0.3, 0.4) is 0 Å². The molecule has 0 aliphatic heterocycles. The Hall–Kier alpha value is -2.12. The number of hydrogen-bond donors (Lipinski definition) is 4. The molecule has 152 valence electrons. The van der Waals surface area contributed by atoms with Gasteiger partial charge in [0.25, 0.3) is 0 Å². The van der Waals surface area contributed by atoms with Gasteiger partial charge in [-0.3, -0.25) is 19.2 Å². The van der Waals surface area contributed by atoms with Gasteiger partial charge in [0.05, 0.1) is 0 Å². The van der Waals surface area contributed by atoms with E-state index in [-0.39, 0.29) is 23.6 Å². The summed E-state index contributed by atoms with van der Waals surface area (Å²) in [4.78, 5) is 41.4. The zero-order valence-electron chi connectivity index (χ0n) is 15.8. The molecule has 26 heavy (non-hydrogen) atoms. The molecule has 0 rings (SSSR count). The highest BCUT2D eigenvalue weighted by atomic mass is 16.2. The van der Waals surface area contributed by atoms with Crippen LogP contribution in [0.25, 0.3) is 0 Å². The van der Waals surface area contributed by atoms with E-state index >= 15 is 0 Å². The van der Waals surface area contributed by atoms with E-state index in [1.165, 1.54) is 0 Å². The molecule has 0 aliphatic rings. The Morgan fingerprint density at radius 2 is 0.500 bits per heavy atom. The smallest absolute Gasteiger partial charge is 0.217 e. The van der Waals surface area contributed by atoms with Crippen LogP contribution in [-0.2, 0) is 19.2 Å². The van der Waals surface area contributed by atoms with E-state index in [1.54, 1.807) is 0 Å². The summed E-state index contributed by atoms with van der Waals surface area (Å²) in [5.74, 6) is -0.955. The van der Waals surface area contributed by atoms with E-state index in [9.17, 15) is 19.2 Å². The lowest BCUT2D eigenvalue weighted by Gasteiger charge is -1.98. The summed E-state index contributed by atoms with van der Waals surface area (Å²) in [5, 5.41) is 0. The second-order valence-corrected chi connectivity index (χ2v) is 6.40. The fraction of sp³-hybridized carbons (Fsp3) is 0.778. The van der Waals surface area contributed by atoms with Gasteiger partial charge in [-0.25, -0.2) is 0 Å². The first-order valence-electron chi connectivity index (χ1n) is 9.39. The maximum absolute atomic E-state index is 10.3. The maximum atomic E-state index is 10.3. The van der Waals surface area contributed by atoms with Crippen molar-refractivity contribution in [1.82, 2.24) is 0 Å². The van der Waals surface area contributed by atoms with E-state index in [1.807, 2.05) is 0 Å². The highest BCUT2D eigenvalue weighted by molar-refractivity contribution is 5.74. The first-order valence-corrected chi connectivity index (χ1v) is 9.39. The van der Waals surface area contributed by atoms with Crippen LogP contribution in [0.1, 0.15) is 89.9 Å². The summed E-state index contributed by atoms with van der Waals surface area (Å²) in [6.07, 6.45) is 11.4. The summed E-state index contributed by atoms with van der Waals surface area (Å²) < 4.78 is 0. The molecule has 0 bridgehead atoms. The molecule has 0 aromatic rings. The summed E-state index contributed by atoms with van der Waals surface area (Å²) in [5.41, 5.74) is 19.9. The van der Waals surface area contributed by atoms with Crippen molar-refractivity contribution >= 4 is 23.6 Å². The van der Waals surface area contributed by atoms with Crippen LogP contribution in [0.5, 0.6) is 0 Å². The molecule has 0 atom stereocenters. The Morgan fingerprint density at radius 3 is 0.654 bits per heavy atom. The van der Waals surface area contributed by atoms with E-state index in [0.29, 0.717) is 25.7 Å². The van der Waals surface area contributed by atoms with Crippen LogP contribution in [0.15, 0.2) is 0 Å². The van der Waals surface area contributed by atoms with Gasteiger partial charge in [-0.1, -0.05) is 38.5 Å². The van der Waals surface area contributed by atoms with Gasteiger partial charge in [-0.2, -0.15) is 0 Å². The van der Waals surface area contributed by atoms with Gasteiger partial charge < -0.3 is 22.9 Å². The van der Waals surface area contributed by atoms with Crippen molar-refractivity contribution in [3.8, 4) is 0 Å². The fourth-order valence-corrected chi connectivity index (χ4v) is 2.26. The molecule has 0 radical (unpaired) electrons. The standard InChI is InChI=1S/2C9H18N2O2/c2*10-8(12)6-4-2-1-3-5-7-9(11)13/h2*1-7H2,(H2,10,12)(H2,11,13). The molecule has 0 spiro atoms. The Morgan fingerprint density at radius 1 is 0.346 bits per heavy atom. The van der Waals surface area contributed by atoms with Crippen molar-refractivity contribution in [3.63, 3.8) is 0 Å². The Labute approximate surface area is 156 Å². The minimum Gasteiger partial charge on any atom is -0.370 e. The zero-order valence-corrected chi connectivity index (χ0v) is 15.8. The normalized spacial score (nSPS) is 9.85. The number of amides is 4. The van der Waals surface area contributed by atoms with Crippen molar-refractivity contribution in [3.05, 3.63) is 0 Å². The third-order valence-corrected chi connectivity index (χ3v) is 3.69. The molecule has 0 fully saturated rings. The van der Waals surface area contributed by atoms with Crippen LogP contribution in [0, 0.1) is 0 Å². The van der Waals surface area contributed by atoms with Crippen LogP contribution in [-0.4, -0.2) is 23.6 Å². The third kappa shape index (κ3) is 29.8. The average molecular weight is 373 g/mol. The molecular weight excluding hydrogens is 336 g/mol. The van der Waals surface area contributed by atoms with Crippen molar-refractivity contribution < 1.29 is 19.2 Å². The predicted octanol–water partition coefficient (Wildman–Crippen LogP) is 1.38. The first kappa shape index (κ1) is 26.1. The third-order valence-electron chi connectivity index (χ3n) is 3.69.